The van der Waals surface area contributed by atoms with E-state index >= 15 is 0 Å². The van der Waals surface area contributed by atoms with Crippen LogP contribution in [0.5, 0.6) is 5.75 Å². The summed E-state index contributed by atoms with van der Waals surface area (Å²) in [5.74, 6) is -1.42. The molecule has 1 aliphatic carbocycles. The highest BCUT2D eigenvalue weighted by atomic mass is 35.5. The molecule has 4 nitrogen and oxygen atoms in total. The van der Waals surface area contributed by atoms with Crippen LogP contribution in [0, 0.1) is 35.8 Å². The lowest BCUT2D eigenvalue weighted by Crippen LogP contribution is -2.50. The van der Waals surface area contributed by atoms with Crippen LogP contribution in [0.3, 0.4) is 0 Å². The fourth-order valence-corrected chi connectivity index (χ4v) is 4.13. The number of aliphatic hydroxyl groups is 2. The Labute approximate surface area is 187 Å². The molecule has 0 amide bonds. The van der Waals surface area contributed by atoms with E-state index in [9.17, 15) is 19.0 Å². The van der Waals surface area contributed by atoms with Crippen molar-refractivity contribution in [1.29, 1.82) is 5.26 Å². The highest BCUT2D eigenvalue weighted by Crippen LogP contribution is 2.51. The number of nitrogens with zero attached hydrogens (tertiary/aromatic N) is 1. The Bertz CT molecular complexity index is 880. The first kappa shape index (κ1) is 25.1. The SMILES string of the molecule is CCC#N.Cc1ccc(Cl)cc1.OCC12CC[C@H](O)CC1COc1c(F)ccc(F)c12. The molecule has 3 atom stereocenters. The van der Waals surface area contributed by atoms with E-state index in [1.54, 1.807) is 0 Å². The number of fused-ring (bicyclic) bond motifs is 3. The van der Waals surface area contributed by atoms with Crippen LogP contribution in [0.1, 0.15) is 43.7 Å². The van der Waals surface area contributed by atoms with E-state index in [1.165, 1.54) is 5.56 Å². The van der Waals surface area contributed by atoms with Gasteiger partial charge in [-0.15, -0.1) is 0 Å². The number of benzene rings is 2. The number of rotatable bonds is 1. The van der Waals surface area contributed by atoms with Crippen LogP contribution in [-0.2, 0) is 5.41 Å². The lowest BCUT2D eigenvalue weighted by molar-refractivity contribution is -0.0157. The van der Waals surface area contributed by atoms with Crippen LogP contribution < -0.4 is 4.74 Å². The highest BCUT2D eigenvalue weighted by Gasteiger charge is 2.50. The third kappa shape index (κ3) is 5.94. The fraction of sp³-hybridized carbons (Fsp3) is 0.458. The smallest absolute Gasteiger partial charge is 0.165 e. The second-order valence-electron chi connectivity index (χ2n) is 7.79. The van der Waals surface area contributed by atoms with Crippen molar-refractivity contribution in [2.75, 3.05) is 13.2 Å². The van der Waals surface area contributed by atoms with Gasteiger partial charge in [0.05, 0.1) is 25.4 Å². The Kier molecular flexibility index (Phi) is 9.24. The van der Waals surface area contributed by atoms with Crippen LogP contribution in [0.2, 0.25) is 5.02 Å². The van der Waals surface area contributed by atoms with Gasteiger partial charge in [-0.05, 0) is 50.5 Å². The molecule has 2 aromatic carbocycles. The Morgan fingerprint density at radius 2 is 1.81 bits per heavy atom. The number of aryl methyl sites for hydroxylation is 1. The quantitative estimate of drug-likeness (QED) is 0.615. The average molecular weight is 452 g/mol. The average Bonchev–Trinajstić information content (AvgIpc) is 2.78. The van der Waals surface area contributed by atoms with Crippen molar-refractivity contribution < 1.29 is 23.7 Å². The molecule has 0 spiro atoms. The van der Waals surface area contributed by atoms with E-state index in [1.807, 2.05) is 44.2 Å². The molecule has 0 radical (unpaired) electrons. The molecule has 1 saturated carbocycles. The molecule has 0 saturated heterocycles. The Morgan fingerprint density at radius 3 is 2.35 bits per heavy atom. The summed E-state index contributed by atoms with van der Waals surface area (Å²) in [6.45, 7) is 3.79. The lowest BCUT2D eigenvalue weighted by Gasteiger charge is -2.48. The molecule has 0 bridgehead atoms. The minimum atomic E-state index is -0.834. The summed E-state index contributed by atoms with van der Waals surface area (Å²) in [4.78, 5) is 0. The van der Waals surface area contributed by atoms with E-state index < -0.39 is 23.2 Å². The second-order valence-corrected chi connectivity index (χ2v) is 8.23. The third-order valence-electron chi connectivity index (χ3n) is 5.70. The molecule has 168 valence electrons. The zero-order valence-electron chi connectivity index (χ0n) is 17.7. The van der Waals surface area contributed by atoms with E-state index in [0.717, 1.165) is 17.2 Å². The van der Waals surface area contributed by atoms with Crippen LogP contribution in [0.25, 0.3) is 0 Å². The van der Waals surface area contributed by atoms with Crippen molar-refractivity contribution in [3.8, 4) is 11.8 Å². The first-order valence-electron chi connectivity index (χ1n) is 10.3. The summed E-state index contributed by atoms with van der Waals surface area (Å²) >= 11 is 5.61. The van der Waals surface area contributed by atoms with Crippen molar-refractivity contribution in [2.24, 2.45) is 5.92 Å². The number of aliphatic hydroxyl groups excluding tert-OH is 2. The zero-order valence-corrected chi connectivity index (χ0v) is 18.5. The zero-order chi connectivity index (χ0) is 23.0. The van der Waals surface area contributed by atoms with Crippen molar-refractivity contribution in [2.45, 2.75) is 51.0 Å². The summed E-state index contributed by atoms with van der Waals surface area (Å²) in [5.41, 5.74) is 0.548. The molecule has 0 aromatic heterocycles. The van der Waals surface area contributed by atoms with Gasteiger partial charge in [0.25, 0.3) is 0 Å². The van der Waals surface area contributed by atoms with Crippen molar-refractivity contribution >= 4 is 11.6 Å². The summed E-state index contributed by atoms with van der Waals surface area (Å²) in [6, 6.07) is 11.8. The van der Waals surface area contributed by atoms with Gasteiger partial charge in [-0.1, -0.05) is 36.2 Å². The first-order chi connectivity index (χ1) is 14.8. The molecular weight excluding hydrogens is 424 g/mol. The Balaban J connectivity index is 0.000000236. The highest BCUT2D eigenvalue weighted by molar-refractivity contribution is 6.30. The van der Waals surface area contributed by atoms with Gasteiger partial charge in [0.1, 0.15) is 5.82 Å². The summed E-state index contributed by atoms with van der Waals surface area (Å²) in [6.07, 6.45) is 1.51. The predicted molar refractivity (Wildman–Crippen MR) is 116 cm³/mol. The lowest BCUT2D eigenvalue weighted by atomic mass is 9.61. The van der Waals surface area contributed by atoms with Gasteiger partial charge in [0.15, 0.2) is 11.6 Å². The van der Waals surface area contributed by atoms with Crippen molar-refractivity contribution in [3.63, 3.8) is 0 Å². The largest absolute Gasteiger partial charge is 0.490 e. The molecule has 2 aliphatic rings. The minimum Gasteiger partial charge on any atom is -0.490 e. The molecule has 7 heteroatoms. The van der Waals surface area contributed by atoms with Gasteiger partial charge in [0, 0.05) is 28.3 Å². The topological polar surface area (TPSA) is 73.5 Å². The Hall–Kier alpha value is -2.20. The maximum atomic E-state index is 14.1. The normalized spacial score (nSPS) is 23.4. The molecule has 2 N–H and O–H groups in total. The van der Waals surface area contributed by atoms with Crippen LogP contribution in [0.15, 0.2) is 36.4 Å². The number of ether oxygens (including phenoxy) is 1. The molecular formula is C24H28ClF2NO3. The minimum absolute atomic E-state index is 0.0818. The van der Waals surface area contributed by atoms with Crippen molar-refractivity contribution in [3.05, 3.63) is 64.2 Å². The van der Waals surface area contributed by atoms with Gasteiger partial charge in [-0.25, -0.2) is 8.78 Å². The van der Waals surface area contributed by atoms with Gasteiger partial charge < -0.3 is 14.9 Å². The predicted octanol–water partition coefficient (Wildman–Crippen LogP) is 5.32. The summed E-state index contributed by atoms with van der Waals surface area (Å²) in [7, 11) is 0. The number of halogens is 3. The number of hydrogen-bond donors (Lipinski definition) is 2. The van der Waals surface area contributed by atoms with Crippen LogP contribution in [-0.4, -0.2) is 29.5 Å². The second kappa shape index (κ2) is 11.4. The van der Waals surface area contributed by atoms with Crippen LogP contribution >= 0.6 is 11.6 Å². The van der Waals surface area contributed by atoms with E-state index in [2.05, 4.69) is 0 Å². The van der Waals surface area contributed by atoms with Crippen molar-refractivity contribution in [1.82, 2.24) is 0 Å². The molecule has 1 fully saturated rings. The molecule has 4 rings (SSSR count). The van der Waals surface area contributed by atoms with Gasteiger partial charge in [0.2, 0.25) is 0 Å². The van der Waals surface area contributed by atoms with Crippen LogP contribution in [0.4, 0.5) is 8.78 Å². The number of nitriles is 1. The third-order valence-corrected chi connectivity index (χ3v) is 5.95. The van der Waals surface area contributed by atoms with Gasteiger partial charge in [-0.3, -0.25) is 0 Å². The molecule has 31 heavy (non-hydrogen) atoms. The molecule has 2 unspecified atom stereocenters. The number of hydrogen-bond acceptors (Lipinski definition) is 4. The van der Waals surface area contributed by atoms with Gasteiger partial charge >= 0.3 is 0 Å². The van der Waals surface area contributed by atoms with Gasteiger partial charge in [-0.2, -0.15) is 5.26 Å². The Morgan fingerprint density at radius 1 is 1.19 bits per heavy atom. The van der Waals surface area contributed by atoms with E-state index in [-0.39, 0.29) is 30.4 Å². The monoisotopic (exact) mass is 451 g/mol. The molecule has 1 aliphatic heterocycles. The first-order valence-corrected chi connectivity index (χ1v) is 10.7. The maximum absolute atomic E-state index is 14.1. The van der Waals surface area contributed by atoms with E-state index in [0.29, 0.717) is 25.7 Å². The summed E-state index contributed by atoms with van der Waals surface area (Å²) < 4.78 is 33.2. The standard InChI is InChI=1S/C14H16F2O3.C7H7Cl.C3H5N/c15-10-1-2-11(16)13-12(10)14(7-17)4-3-9(18)5-8(14)6-19-13;1-6-2-4-7(8)5-3-6;1-2-3-4/h1-2,8-9,17-18H,3-7H2;2-5H,1H3;2H2,1H3/t8?,9-,14?;;/m0../s1. The van der Waals surface area contributed by atoms with E-state index in [4.69, 9.17) is 21.6 Å². The summed E-state index contributed by atoms with van der Waals surface area (Å²) in [5, 5.41) is 28.0. The molecule has 2 aromatic rings. The molecule has 1 heterocycles. The maximum Gasteiger partial charge on any atom is 0.165 e. The fourth-order valence-electron chi connectivity index (χ4n) is 4.00.